The number of imidazole rings is 1. The Labute approximate surface area is 256 Å². The molecule has 248 valence electrons. The van der Waals surface area contributed by atoms with Gasteiger partial charge in [0.15, 0.2) is 11.2 Å². The lowest BCUT2D eigenvalue weighted by molar-refractivity contribution is -0.0551. The van der Waals surface area contributed by atoms with Crippen LogP contribution >= 0.6 is 7.75 Å². The second-order valence-electron chi connectivity index (χ2n) is 11.1. The summed E-state index contributed by atoms with van der Waals surface area (Å²) < 4.78 is 43.0. The van der Waals surface area contributed by atoms with Gasteiger partial charge in [-0.15, -0.1) is 0 Å². The first-order chi connectivity index (χ1) is 21.5. The molecule has 2 aliphatic heterocycles. The highest BCUT2D eigenvalue weighted by Gasteiger charge is 2.46. The van der Waals surface area contributed by atoms with Crippen LogP contribution in [0.25, 0.3) is 11.2 Å². The fourth-order valence-electron chi connectivity index (χ4n) is 5.53. The molecule has 7 atom stereocenters. The predicted octanol–water partition coefficient (Wildman–Crippen LogP) is 0.121. The Kier molecular flexibility index (Phi) is 10.0. The summed E-state index contributed by atoms with van der Waals surface area (Å²) in [7, 11) is -4.10. The monoisotopic (exact) mass is 654 g/mol. The minimum absolute atomic E-state index is 0.0309. The van der Waals surface area contributed by atoms with Crippen LogP contribution in [0, 0.1) is 6.92 Å². The molecule has 1 unspecified atom stereocenters. The Bertz CT molecular complexity index is 1720. The number of nitrogens with zero attached hydrogens (tertiary/aromatic N) is 5. The Morgan fingerprint density at radius 2 is 1.78 bits per heavy atom. The summed E-state index contributed by atoms with van der Waals surface area (Å²) in [5.74, 6) is -0.106. The van der Waals surface area contributed by atoms with E-state index in [4.69, 9.17) is 24.3 Å². The van der Waals surface area contributed by atoms with Crippen molar-refractivity contribution in [1.29, 1.82) is 0 Å². The summed E-state index contributed by atoms with van der Waals surface area (Å²) >= 11 is 0. The van der Waals surface area contributed by atoms with E-state index in [-0.39, 0.29) is 36.6 Å². The van der Waals surface area contributed by atoms with Crippen LogP contribution in [0.15, 0.2) is 26.9 Å². The minimum atomic E-state index is -4.10. The Balaban J connectivity index is 1.36. The maximum Gasteiger partial charge on any atom is 0.408 e. The third-order valence-corrected chi connectivity index (χ3v) is 9.87. The van der Waals surface area contributed by atoms with Gasteiger partial charge in [0, 0.05) is 37.7 Å². The second kappa shape index (κ2) is 13.6. The Morgan fingerprint density at radius 3 is 2.47 bits per heavy atom. The van der Waals surface area contributed by atoms with Crippen molar-refractivity contribution in [2.75, 3.05) is 32.0 Å². The van der Waals surface area contributed by atoms with E-state index >= 15 is 0 Å². The van der Waals surface area contributed by atoms with Gasteiger partial charge in [0.25, 0.3) is 11.1 Å². The summed E-state index contributed by atoms with van der Waals surface area (Å²) in [6.07, 6.45) is -1.43. The molecule has 45 heavy (non-hydrogen) atoms. The third kappa shape index (κ3) is 6.83. The van der Waals surface area contributed by atoms with Crippen LogP contribution in [0.5, 0.6) is 0 Å². The number of aliphatic hydroxyl groups excluding tert-OH is 2. The number of fused-ring (bicyclic) bond motifs is 1. The van der Waals surface area contributed by atoms with Crippen molar-refractivity contribution in [3.8, 4) is 0 Å². The number of nitrogens with two attached hydrogens (primary N) is 1. The summed E-state index contributed by atoms with van der Waals surface area (Å²) in [4.78, 5) is 49.3. The molecule has 0 amide bonds. The Morgan fingerprint density at radius 1 is 1.09 bits per heavy atom. The molecule has 3 aromatic rings. The molecular formula is C26H39N8O10P. The average molecular weight is 655 g/mol. The maximum absolute atomic E-state index is 14.6. The van der Waals surface area contributed by atoms with Crippen molar-refractivity contribution in [1.82, 2.24) is 33.7 Å². The number of ether oxygens (including phenoxy) is 2. The lowest BCUT2D eigenvalue weighted by Crippen LogP contribution is -2.34. The molecule has 6 N–H and O–H groups in total. The highest BCUT2D eigenvalue weighted by molar-refractivity contribution is 7.51. The molecule has 0 bridgehead atoms. The molecule has 2 fully saturated rings. The van der Waals surface area contributed by atoms with Gasteiger partial charge < -0.3 is 25.4 Å². The van der Waals surface area contributed by atoms with E-state index in [0.29, 0.717) is 31.5 Å². The SMILES string of the molecule is CCCN(CCC)P(=O)(OC[C@H]1O[C@@H](n2cc(C)c(=O)[nH]c2=O)C[C@@H]1O)O[C@H]1C[C@H](n2cnc3c(=O)[nH]c(N)nc32)O[C@@H]1CO. The van der Waals surface area contributed by atoms with Crippen LogP contribution in [0.3, 0.4) is 0 Å². The molecule has 0 radical (unpaired) electrons. The number of anilines is 1. The van der Waals surface area contributed by atoms with Crippen LogP contribution in [-0.2, 0) is 23.1 Å². The van der Waals surface area contributed by atoms with Crippen molar-refractivity contribution in [2.45, 2.75) is 83.3 Å². The number of rotatable bonds is 13. The van der Waals surface area contributed by atoms with Crippen molar-refractivity contribution in [3.63, 3.8) is 0 Å². The molecule has 19 heteroatoms. The number of aliphatic hydroxyl groups is 2. The van der Waals surface area contributed by atoms with Gasteiger partial charge in [0.05, 0.1) is 25.6 Å². The zero-order valence-corrected chi connectivity index (χ0v) is 26.1. The quantitative estimate of drug-likeness (QED) is 0.154. The summed E-state index contributed by atoms with van der Waals surface area (Å²) in [6, 6.07) is 0. The van der Waals surface area contributed by atoms with Gasteiger partial charge in [-0.25, -0.2) is 19.0 Å². The van der Waals surface area contributed by atoms with Crippen molar-refractivity contribution >= 4 is 24.9 Å². The normalized spacial score (nSPS) is 26.6. The van der Waals surface area contributed by atoms with Crippen LogP contribution in [0.1, 0.15) is 57.6 Å². The largest absolute Gasteiger partial charge is 0.408 e. The van der Waals surface area contributed by atoms with Crippen molar-refractivity contribution in [2.24, 2.45) is 0 Å². The first-order valence-corrected chi connectivity index (χ1v) is 16.3. The number of nitrogens with one attached hydrogen (secondary N) is 2. The van der Waals surface area contributed by atoms with E-state index in [1.807, 2.05) is 13.8 Å². The molecule has 0 aliphatic carbocycles. The molecular weight excluding hydrogens is 615 g/mol. The molecule has 2 aliphatic rings. The van der Waals surface area contributed by atoms with Crippen LogP contribution in [0.4, 0.5) is 5.95 Å². The van der Waals surface area contributed by atoms with Crippen LogP contribution < -0.4 is 22.5 Å². The third-order valence-electron chi connectivity index (χ3n) is 7.76. The smallest absolute Gasteiger partial charge is 0.394 e. The molecule has 0 saturated carbocycles. The standard InChI is InChI=1S/C26H39N8O10P/c1-4-6-32(7-5-2)45(40,41-12-18-15(36)8-19(43-18)33-10-14(3)23(37)31-26(33)39)44-16-9-20(42-17(16)11-35)34-13-28-21-22(34)29-25(27)30-24(21)38/h10,13,15-20,35-36H,4-9,11-12H2,1-3H3,(H,31,37,39)(H3,27,29,30,38)/t15-,16-,17+,18+,19+,20+,45?/m0/s1. The first-order valence-electron chi connectivity index (χ1n) is 14.8. The number of nitrogen functional groups attached to an aromatic ring is 1. The van der Waals surface area contributed by atoms with Gasteiger partial charge in [-0.3, -0.25) is 37.7 Å². The van der Waals surface area contributed by atoms with Gasteiger partial charge in [0.2, 0.25) is 5.95 Å². The molecule has 18 nitrogen and oxygen atoms in total. The molecule has 5 rings (SSSR count). The van der Waals surface area contributed by atoms with Gasteiger partial charge in [-0.05, 0) is 19.8 Å². The number of aromatic amines is 2. The Hall–Kier alpha value is -3.22. The summed E-state index contributed by atoms with van der Waals surface area (Å²) in [6.45, 7) is 5.31. The van der Waals surface area contributed by atoms with E-state index in [9.17, 15) is 29.2 Å². The second-order valence-corrected chi connectivity index (χ2v) is 13.1. The van der Waals surface area contributed by atoms with Gasteiger partial charge in [-0.1, -0.05) is 13.8 Å². The minimum Gasteiger partial charge on any atom is -0.394 e. The number of aromatic nitrogens is 6. The fraction of sp³-hybridized carbons (Fsp3) is 0.654. The van der Waals surface area contributed by atoms with Crippen LogP contribution in [-0.4, -0.2) is 94.7 Å². The van der Waals surface area contributed by atoms with Crippen molar-refractivity contribution in [3.05, 3.63) is 49.3 Å². The lowest BCUT2D eigenvalue weighted by Gasteiger charge is -2.33. The van der Waals surface area contributed by atoms with Gasteiger partial charge in [0.1, 0.15) is 30.8 Å². The fourth-order valence-corrected chi connectivity index (χ4v) is 7.67. The zero-order valence-electron chi connectivity index (χ0n) is 25.2. The maximum atomic E-state index is 14.6. The highest BCUT2D eigenvalue weighted by atomic mass is 31.2. The van der Waals surface area contributed by atoms with E-state index in [2.05, 4.69) is 19.9 Å². The van der Waals surface area contributed by atoms with E-state index in [0.717, 1.165) is 0 Å². The van der Waals surface area contributed by atoms with E-state index in [1.54, 1.807) is 11.6 Å². The van der Waals surface area contributed by atoms with E-state index < -0.39 is 68.0 Å². The van der Waals surface area contributed by atoms with E-state index in [1.165, 1.54) is 21.7 Å². The number of H-pyrrole nitrogens is 2. The summed E-state index contributed by atoms with van der Waals surface area (Å²) in [5.41, 5.74) is 4.53. The average Bonchev–Trinajstić information content (AvgIpc) is 3.70. The number of hydrogen-bond acceptors (Lipinski definition) is 13. The number of aryl methyl sites for hydroxylation is 1. The highest BCUT2D eigenvalue weighted by Crippen LogP contribution is 2.56. The molecule has 0 aromatic carbocycles. The first kappa shape index (κ1) is 33.2. The molecule has 5 heterocycles. The number of hydrogen-bond donors (Lipinski definition) is 5. The molecule has 2 saturated heterocycles. The summed E-state index contributed by atoms with van der Waals surface area (Å²) in [5, 5.41) is 20.9. The predicted molar refractivity (Wildman–Crippen MR) is 159 cm³/mol. The molecule has 3 aromatic heterocycles. The molecule has 0 spiro atoms. The topological polar surface area (TPSA) is 242 Å². The van der Waals surface area contributed by atoms with Crippen LogP contribution in [0.2, 0.25) is 0 Å². The van der Waals surface area contributed by atoms with Gasteiger partial charge >= 0.3 is 13.4 Å². The van der Waals surface area contributed by atoms with Gasteiger partial charge in [-0.2, -0.15) is 4.98 Å². The lowest BCUT2D eigenvalue weighted by atomic mass is 10.2. The van der Waals surface area contributed by atoms with Crippen molar-refractivity contribution < 1.29 is 33.3 Å². The zero-order chi connectivity index (χ0) is 32.5.